The second-order valence-corrected chi connectivity index (χ2v) is 7.22. The maximum Gasteiger partial charge on any atom is 0.326 e. The summed E-state index contributed by atoms with van der Waals surface area (Å²) in [5, 5.41) is 34.7. The van der Waals surface area contributed by atoms with Gasteiger partial charge < -0.3 is 42.7 Å². The highest BCUT2D eigenvalue weighted by Crippen LogP contribution is 2.04. The number of aliphatic carboxylic acids is 2. The van der Waals surface area contributed by atoms with Crippen LogP contribution in [0, 0.1) is 0 Å². The molecule has 14 heteroatoms. The molecule has 10 N–H and O–H groups in total. The normalized spacial score (nSPS) is 15.6. The van der Waals surface area contributed by atoms with Crippen LogP contribution in [0.3, 0.4) is 0 Å². The molecule has 0 aromatic rings. The minimum atomic E-state index is -1.60. The smallest absolute Gasteiger partial charge is 0.326 e. The van der Waals surface area contributed by atoms with Crippen LogP contribution in [0.4, 0.5) is 0 Å². The summed E-state index contributed by atoms with van der Waals surface area (Å²) in [5.74, 6) is -5.68. The van der Waals surface area contributed by atoms with Crippen molar-refractivity contribution in [2.45, 2.75) is 62.9 Å². The molecule has 0 aliphatic carbocycles. The molecule has 0 rings (SSSR count). The lowest BCUT2D eigenvalue weighted by Crippen LogP contribution is -2.60. The molecule has 5 atom stereocenters. The maximum absolute atomic E-state index is 12.5. The first kappa shape index (κ1) is 28.6. The molecule has 31 heavy (non-hydrogen) atoms. The Labute approximate surface area is 184 Å². The highest BCUT2D eigenvalue weighted by Gasteiger charge is 2.33. The Bertz CT molecular complexity index is 648. The molecule has 0 aliphatic rings. The lowest BCUT2D eigenvalue weighted by molar-refractivity contribution is -0.144. The standard InChI is InChI=1S/C17H31N5O8S/c1-8(23)13(16(28)20-10(17(29)30)4-2-3-5-18)22-15(27)11(6-12(24)25)21-14(26)9(19)7-31/h8-11,13,23,31H,2-7,18-19H2,1H3,(H,20,28)(H,21,26)(H,22,27)(H,24,25)(H,29,30). The van der Waals surface area contributed by atoms with E-state index in [4.69, 9.17) is 16.6 Å². The summed E-state index contributed by atoms with van der Waals surface area (Å²) in [6.07, 6.45) is -1.22. The molecule has 0 aliphatic heterocycles. The number of carboxylic acids is 2. The number of carbonyl (C=O) groups excluding carboxylic acids is 3. The largest absolute Gasteiger partial charge is 0.481 e. The number of aliphatic hydroxyl groups excluding tert-OH is 1. The van der Waals surface area contributed by atoms with Crippen molar-refractivity contribution in [2.75, 3.05) is 12.3 Å². The number of thiol groups is 1. The van der Waals surface area contributed by atoms with Gasteiger partial charge in [-0.2, -0.15) is 12.6 Å². The van der Waals surface area contributed by atoms with Gasteiger partial charge in [0.2, 0.25) is 17.7 Å². The third kappa shape index (κ3) is 11.0. The predicted molar refractivity (Wildman–Crippen MR) is 112 cm³/mol. The summed E-state index contributed by atoms with van der Waals surface area (Å²) in [5.41, 5.74) is 10.9. The van der Waals surface area contributed by atoms with E-state index in [2.05, 4.69) is 28.6 Å². The molecule has 5 unspecified atom stereocenters. The van der Waals surface area contributed by atoms with Crippen molar-refractivity contribution >= 4 is 42.3 Å². The van der Waals surface area contributed by atoms with Crippen LogP contribution in [-0.4, -0.2) is 87.5 Å². The Morgan fingerprint density at radius 1 is 0.935 bits per heavy atom. The van der Waals surface area contributed by atoms with E-state index in [1.54, 1.807) is 0 Å². The van der Waals surface area contributed by atoms with Crippen molar-refractivity contribution in [3.8, 4) is 0 Å². The number of nitrogens with one attached hydrogen (secondary N) is 3. The van der Waals surface area contributed by atoms with Crippen molar-refractivity contribution in [3.05, 3.63) is 0 Å². The first-order valence-electron chi connectivity index (χ1n) is 9.54. The Balaban J connectivity index is 5.33. The van der Waals surface area contributed by atoms with Crippen molar-refractivity contribution in [2.24, 2.45) is 11.5 Å². The fourth-order valence-electron chi connectivity index (χ4n) is 2.42. The van der Waals surface area contributed by atoms with Crippen molar-refractivity contribution in [3.63, 3.8) is 0 Å². The van der Waals surface area contributed by atoms with Gasteiger partial charge in [-0.1, -0.05) is 0 Å². The maximum atomic E-state index is 12.5. The molecule has 0 bridgehead atoms. The quantitative estimate of drug-likeness (QED) is 0.0865. The van der Waals surface area contributed by atoms with Gasteiger partial charge in [0.05, 0.1) is 18.6 Å². The number of hydrogen-bond acceptors (Lipinski definition) is 9. The van der Waals surface area contributed by atoms with Crippen LogP contribution in [-0.2, 0) is 24.0 Å². The summed E-state index contributed by atoms with van der Waals surface area (Å²) in [7, 11) is 0. The third-order valence-electron chi connectivity index (χ3n) is 4.17. The number of amides is 3. The molecule has 0 saturated carbocycles. The monoisotopic (exact) mass is 465 g/mol. The van der Waals surface area contributed by atoms with Crippen LogP contribution < -0.4 is 27.4 Å². The molecule has 0 aromatic carbocycles. The molecular weight excluding hydrogens is 434 g/mol. The van der Waals surface area contributed by atoms with Gasteiger partial charge in [0.1, 0.15) is 18.1 Å². The van der Waals surface area contributed by atoms with E-state index in [1.165, 1.54) is 6.92 Å². The van der Waals surface area contributed by atoms with Crippen LogP contribution in [0.15, 0.2) is 0 Å². The third-order valence-corrected chi connectivity index (χ3v) is 4.56. The molecule has 0 saturated heterocycles. The van der Waals surface area contributed by atoms with Gasteiger partial charge in [0.25, 0.3) is 0 Å². The second kappa shape index (κ2) is 14.6. The zero-order valence-corrected chi connectivity index (χ0v) is 18.0. The topological polar surface area (TPSA) is 234 Å². The molecule has 0 fully saturated rings. The van der Waals surface area contributed by atoms with Crippen molar-refractivity contribution in [1.29, 1.82) is 0 Å². The van der Waals surface area contributed by atoms with Crippen LogP contribution in [0.5, 0.6) is 0 Å². The lowest BCUT2D eigenvalue weighted by atomic mass is 10.1. The lowest BCUT2D eigenvalue weighted by Gasteiger charge is -2.26. The van der Waals surface area contributed by atoms with Gasteiger partial charge in [0, 0.05) is 5.75 Å². The molecule has 0 spiro atoms. The van der Waals surface area contributed by atoms with Gasteiger partial charge in [0.15, 0.2) is 0 Å². The molecule has 178 valence electrons. The van der Waals surface area contributed by atoms with Gasteiger partial charge in [-0.05, 0) is 32.7 Å². The van der Waals surface area contributed by atoms with Gasteiger partial charge in [-0.3, -0.25) is 19.2 Å². The Kier molecular flexibility index (Phi) is 13.4. The Morgan fingerprint density at radius 2 is 1.52 bits per heavy atom. The van der Waals surface area contributed by atoms with E-state index in [0.29, 0.717) is 19.4 Å². The molecule has 0 aromatic heterocycles. The fraction of sp³-hybridized carbons (Fsp3) is 0.706. The first-order valence-corrected chi connectivity index (χ1v) is 10.2. The fourth-order valence-corrected chi connectivity index (χ4v) is 2.58. The summed E-state index contributed by atoms with van der Waals surface area (Å²) >= 11 is 3.84. The molecule has 13 nitrogen and oxygen atoms in total. The summed E-state index contributed by atoms with van der Waals surface area (Å²) in [4.78, 5) is 59.3. The minimum Gasteiger partial charge on any atom is -0.481 e. The van der Waals surface area contributed by atoms with E-state index in [0.717, 1.165) is 0 Å². The zero-order chi connectivity index (χ0) is 24.1. The predicted octanol–water partition coefficient (Wildman–Crippen LogP) is -3.23. The number of nitrogens with two attached hydrogens (primary N) is 2. The Hall–Kier alpha value is -2.42. The first-order chi connectivity index (χ1) is 14.4. The van der Waals surface area contributed by atoms with Gasteiger partial charge >= 0.3 is 11.9 Å². The van der Waals surface area contributed by atoms with Crippen molar-refractivity contribution in [1.82, 2.24) is 16.0 Å². The van der Waals surface area contributed by atoms with Crippen LogP contribution in [0.1, 0.15) is 32.6 Å². The van der Waals surface area contributed by atoms with Crippen LogP contribution in [0.2, 0.25) is 0 Å². The average Bonchev–Trinajstić information content (AvgIpc) is 2.68. The summed E-state index contributed by atoms with van der Waals surface area (Å²) in [6.45, 7) is 1.52. The Morgan fingerprint density at radius 3 is 1.97 bits per heavy atom. The van der Waals surface area contributed by atoms with E-state index >= 15 is 0 Å². The SMILES string of the molecule is CC(O)C(NC(=O)C(CC(=O)O)NC(=O)C(N)CS)C(=O)NC(CCCCN)C(=O)O. The molecule has 0 heterocycles. The number of hydrogen-bond donors (Lipinski definition) is 9. The highest BCUT2D eigenvalue weighted by molar-refractivity contribution is 7.80. The summed E-state index contributed by atoms with van der Waals surface area (Å²) < 4.78 is 0. The van der Waals surface area contributed by atoms with Crippen molar-refractivity contribution < 1.29 is 39.3 Å². The van der Waals surface area contributed by atoms with Crippen LogP contribution >= 0.6 is 12.6 Å². The molecular formula is C17H31N5O8S. The van der Waals surface area contributed by atoms with Crippen LogP contribution in [0.25, 0.3) is 0 Å². The zero-order valence-electron chi connectivity index (χ0n) is 17.1. The second-order valence-electron chi connectivity index (χ2n) is 6.86. The minimum absolute atomic E-state index is 0.0628. The number of carboxylic acid groups (broad SMARTS) is 2. The molecule has 0 radical (unpaired) electrons. The van der Waals surface area contributed by atoms with E-state index in [1.807, 2.05) is 0 Å². The summed E-state index contributed by atoms with van der Waals surface area (Å²) in [6, 6.07) is -5.58. The van der Waals surface area contributed by atoms with Gasteiger partial charge in [-0.15, -0.1) is 0 Å². The van der Waals surface area contributed by atoms with E-state index < -0.39 is 66.4 Å². The molecule has 3 amide bonds. The number of carbonyl (C=O) groups is 5. The van der Waals surface area contributed by atoms with E-state index in [9.17, 15) is 34.2 Å². The number of aliphatic hydroxyl groups is 1. The van der Waals surface area contributed by atoms with Gasteiger partial charge in [-0.25, -0.2) is 4.79 Å². The number of rotatable bonds is 15. The highest BCUT2D eigenvalue weighted by atomic mass is 32.1. The average molecular weight is 466 g/mol. The number of unbranched alkanes of at least 4 members (excludes halogenated alkanes) is 1. The van der Waals surface area contributed by atoms with E-state index in [-0.39, 0.29) is 12.2 Å².